The molecule has 0 bridgehead atoms. The number of ether oxygens (including phenoxy) is 1. The predicted molar refractivity (Wildman–Crippen MR) is 171 cm³/mol. The van der Waals surface area contributed by atoms with E-state index in [1.165, 1.54) is 11.3 Å². The molecular weight excluding hydrogens is 557 g/mol. The predicted octanol–water partition coefficient (Wildman–Crippen LogP) is 4.74. The first-order valence-electron chi connectivity index (χ1n) is 16.2. The third-order valence-electron chi connectivity index (χ3n) is 9.98. The maximum Gasteiger partial charge on any atom is 0.494 e. The number of amides is 2. The number of hydrogen-bond donors (Lipinski definition) is 0. The molecule has 1 aromatic heterocycles. The van der Waals surface area contributed by atoms with Gasteiger partial charge in [-0.3, -0.25) is 9.48 Å². The van der Waals surface area contributed by atoms with Gasteiger partial charge in [-0.25, -0.2) is 4.79 Å². The SMILES string of the molecule is CC(=O)N1CCc2c(c(N3CCCc4cc(B5OC(C)(C)C(C)(C)O5)ccc43)nn2C2CCN(C(=O)OC(C)(C)C)CC2)C1. The van der Waals surface area contributed by atoms with Crippen molar-refractivity contribution in [2.75, 3.05) is 31.1 Å². The van der Waals surface area contributed by atoms with Gasteiger partial charge in [0.05, 0.1) is 23.8 Å². The first-order valence-corrected chi connectivity index (χ1v) is 16.2. The Morgan fingerprint density at radius 2 is 1.66 bits per heavy atom. The van der Waals surface area contributed by atoms with E-state index in [1.807, 2.05) is 30.6 Å². The van der Waals surface area contributed by atoms with Gasteiger partial charge in [0.1, 0.15) is 5.60 Å². The number of anilines is 2. The fourth-order valence-corrected chi connectivity index (χ4v) is 6.80. The van der Waals surface area contributed by atoms with E-state index in [9.17, 15) is 9.59 Å². The van der Waals surface area contributed by atoms with Crippen molar-refractivity contribution >= 4 is 36.1 Å². The molecule has 6 rings (SSSR count). The molecule has 0 saturated carbocycles. The first kappa shape index (κ1) is 31.0. The highest BCUT2D eigenvalue weighted by molar-refractivity contribution is 6.62. The van der Waals surface area contributed by atoms with Gasteiger partial charge in [-0.2, -0.15) is 5.10 Å². The largest absolute Gasteiger partial charge is 0.494 e. The number of aryl methyl sites for hydroxylation is 1. The summed E-state index contributed by atoms with van der Waals surface area (Å²) in [7, 11) is -0.400. The van der Waals surface area contributed by atoms with Crippen LogP contribution in [-0.2, 0) is 38.2 Å². The summed E-state index contributed by atoms with van der Waals surface area (Å²) < 4.78 is 20.6. The van der Waals surface area contributed by atoms with Crippen LogP contribution in [0.4, 0.5) is 16.3 Å². The Kier molecular flexibility index (Phi) is 7.80. The molecule has 0 unspecified atom stereocenters. The number of carbonyl (C=O) groups excluding carboxylic acids is 2. The van der Waals surface area contributed by atoms with Crippen molar-refractivity contribution in [1.82, 2.24) is 19.6 Å². The minimum atomic E-state index is -0.512. The zero-order valence-electron chi connectivity index (χ0n) is 27.7. The Morgan fingerprint density at radius 3 is 2.30 bits per heavy atom. The number of hydrogen-bond acceptors (Lipinski definition) is 7. The van der Waals surface area contributed by atoms with Crippen LogP contribution < -0.4 is 10.4 Å². The molecule has 2 saturated heterocycles. The highest BCUT2D eigenvalue weighted by atomic mass is 16.7. The third-order valence-corrected chi connectivity index (χ3v) is 9.98. The van der Waals surface area contributed by atoms with E-state index >= 15 is 0 Å². The van der Waals surface area contributed by atoms with E-state index < -0.39 is 23.9 Å². The molecule has 0 spiro atoms. The van der Waals surface area contributed by atoms with Crippen LogP contribution in [0.25, 0.3) is 0 Å². The molecule has 0 aliphatic carbocycles. The fraction of sp³-hybridized carbons (Fsp3) is 0.667. The summed E-state index contributed by atoms with van der Waals surface area (Å²) in [6.07, 6.45) is 4.14. The van der Waals surface area contributed by atoms with Crippen molar-refractivity contribution in [3.05, 3.63) is 35.0 Å². The lowest BCUT2D eigenvalue weighted by atomic mass is 9.77. The van der Waals surface area contributed by atoms with E-state index in [1.54, 1.807) is 6.92 Å². The Morgan fingerprint density at radius 1 is 0.977 bits per heavy atom. The van der Waals surface area contributed by atoms with Crippen LogP contribution in [0, 0.1) is 0 Å². The number of piperidine rings is 1. The van der Waals surface area contributed by atoms with Gasteiger partial charge in [-0.1, -0.05) is 12.1 Å². The molecular formula is C33H48BN5O5. The first-order chi connectivity index (χ1) is 20.6. The molecule has 2 aromatic rings. The van der Waals surface area contributed by atoms with Crippen LogP contribution in [0.3, 0.4) is 0 Å². The van der Waals surface area contributed by atoms with E-state index in [-0.39, 0.29) is 18.0 Å². The van der Waals surface area contributed by atoms with Crippen molar-refractivity contribution in [2.45, 2.75) is 117 Å². The smallest absolute Gasteiger partial charge is 0.444 e. The summed E-state index contributed by atoms with van der Waals surface area (Å²) in [5, 5.41) is 5.32. The second-order valence-electron chi connectivity index (χ2n) is 14.8. The summed E-state index contributed by atoms with van der Waals surface area (Å²) in [5.74, 6) is 1.04. The topological polar surface area (TPSA) is 89.4 Å². The van der Waals surface area contributed by atoms with Gasteiger partial charge in [0, 0.05) is 56.5 Å². The minimum Gasteiger partial charge on any atom is -0.444 e. The lowest BCUT2D eigenvalue weighted by molar-refractivity contribution is -0.129. The molecule has 0 radical (unpaired) electrons. The van der Waals surface area contributed by atoms with E-state index in [0.717, 1.165) is 61.2 Å². The molecule has 5 heterocycles. The Labute approximate surface area is 262 Å². The van der Waals surface area contributed by atoms with Crippen LogP contribution in [0.1, 0.15) is 97.5 Å². The van der Waals surface area contributed by atoms with E-state index in [4.69, 9.17) is 19.1 Å². The summed E-state index contributed by atoms with van der Waals surface area (Å²) in [4.78, 5) is 31.3. The maximum absolute atomic E-state index is 12.7. The van der Waals surface area contributed by atoms with Crippen molar-refractivity contribution in [2.24, 2.45) is 0 Å². The van der Waals surface area contributed by atoms with Crippen molar-refractivity contribution in [1.29, 1.82) is 0 Å². The van der Waals surface area contributed by atoms with E-state index in [2.05, 4.69) is 55.5 Å². The standard InChI is InChI=1S/C33H48BN5O5/c1-22(40)37-19-15-28-26(21-37)29(35-39(28)25-13-17-36(18-14-25)30(41)42-31(2,3)4)38-16-9-10-23-20-24(11-12-27(23)38)34-43-32(5,6)33(7,8)44-34/h11-12,20,25H,9-10,13-19,21H2,1-8H3. The highest BCUT2D eigenvalue weighted by Crippen LogP contribution is 2.41. The number of aromatic nitrogens is 2. The normalized spacial score (nSPS) is 21.7. The van der Waals surface area contributed by atoms with E-state index in [0.29, 0.717) is 26.2 Å². The zero-order chi connectivity index (χ0) is 31.6. The average molecular weight is 606 g/mol. The van der Waals surface area contributed by atoms with Gasteiger partial charge in [-0.05, 0) is 91.2 Å². The minimum absolute atomic E-state index is 0.0890. The summed E-state index contributed by atoms with van der Waals surface area (Å²) in [5.41, 5.74) is 4.52. The molecule has 10 nitrogen and oxygen atoms in total. The number of fused-ring (bicyclic) bond motifs is 2. The lowest BCUT2D eigenvalue weighted by Gasteiger charge is -2.34. The second-order valence-corrected chi connectivity index (χ2v) is 14.8. The number of likely N-dealkylation sites (tertiary alicyclic amines) is 1. The summed E-state index contributed by atoms with van der Waals surface area (Å²) in [6, 6.07) is 6.74. The molecule has 0 atom stereocenters. The van der Waals surface area contributed by atoms with Gasteiger partial charge >= 0.3 is 13.2 Å². The number of rotatable bonds is 3. The van der Waals surface area contributed by atoms with Crippen LogP contribution in [-0.4, -0.2) is 81.7 Å². The van der Waals surface area contributed by atoms with Gasteiger partial charge in [0.25, 0.3) is 0 Å². The number of nitrogens with zero attached hydrogens (tertiary/aromatic N) is 5. The second kappa shape index (κ2) is 11.1. The van der Waals surface area contributed by atoms with Gasteiger partial charge in [0.15, 0.2) is 5.82 Å². The molecule has 238 valence electrons. The molecule has 1 aromatic carbocycles. The van der Waals surface area contributed by atoms with Crippen LogP contribution in [0.15, 0.2) is 18.2 Å². The summed E-state index contributed by atoms with van der Waals surface area (Å²) >= 11 is 0. The van der Waals surface area contributed by atoms with Crippen LogP contribution >= 0.6 is 0 Å². The van der Waals surface area contributed by atoms with Crippen LogP contribution in [0.2, 0.25) is 0 Å². The molecule has 0 N–H and O–H groups in total. The molecule has 44 heavy (non-hydrogen) atoms. The molecule has 2 fully saturated rings. The molecule has 2 amide bonds. The average Bonchev–Trinajstić information content (AvgIpc) is 3.44. The zero-order valence-corrected chi connectivity index (χ0v) is 27.7. The monoisotopic (exact) mass is 605 g/mol. The molecule has 4 aliphatic heterocycles. The van der Waals surface area contributed by atoms with Gasteiger partial charge in [0.2, 0.25) is 5.91 Å². The van der Waals surface area contributed by atoms with Crippen molar-refractivity contribution in [3.63, 3.8) is 0 Å². The highest BCUT2D eigenvalue weighted by Gasteiger charge is 2.52. The Balaban J connectivity index is 1.29. The molecule has 4 aliphatic rings. The maximum atomic E-state index is 12.7. The molecule has 11 heteroatoms. The quantitative estimate of drug-likeness (QED) is 0.467. The fourth-order valence-electron chi connectivity index (χ4n) is 6.80. The Hall–Kier alpha value is -3.05. The lowest BCUT2D eigenvalue weighted by Crippen LogP contribution is -2.42. The van der Waals surface area contributed by atoms with Gasteiger partial charge < -0.3 is 28.7 Å². The summed E-state index contributed by atoms with van der Waals surface area (Å²) in [6.45, 7) is 19.1. The number of benzene rings is 1. The number of carbonyl (C=O) groups is 2. The van der Waals surface area contributed by atoms with Crippen LogP contribution in [0.5, 0.6) is 0 Å². The van der Waals surface area contributed by atoms with Gasteiger partial charge in [-0.15, -0.1) is 0 Å². The van der Waals surface area contributed by atoms with Crippen molar-refractivity contribution in [3.8, 4) is 0 Å². The van der Waals surface area contributed by atoms with Crippen molar-refractivity contribution < 1.29 is 23.6 Å². The Bertz CT molecular complexity index is 1420. The third kappa shape index (κ3) is 5.73.